The lowest BCUT2D eigenvalue weighted by Gasteiger charge is -2.41. The van der Waals surface area contributed by atoms with Crippen LogP contribution in [0, 0.1) is 0 Å². The Labute approximate surface area is 150 Å². The van der Waals surface area contributed by atoms with E-state index in [0.717, 1.165) is 35.5 Å². The van der Waals surface area contributed by atoms with Crippen molar-refractivity contribution in [3.63, 3.8) is 0 Å². The highest BCUT2D eigenvalue weighted by Crippen LogP contribution is 2.31. The lowest BCUT2D eigenvalue weighted by Crippen LogP contribution is -2.68. The first-order valence-electron chi connectivity index (χ1n) is 9.04. The van der Waals surface area contributed by atoms with E-state index in [1.807, 2.05) is 0 Å². The minimum Gasteiger partial charge on any atom is -0.270 e. The lowest BCUT2D eigenvalue weighted by molar-refractivity contribution is -0.388. The zero-order valence-corrected chi connectivity index (χ0v) is 16.4. The van der Waals surface area contributed by atoms with Crippen molar-refractivity contribution in [3.05, 3.63) is 0 Å². The summed E-state index contributed by atoms with van der Waals surface area (Å²) in [7, 11) is 2.70. The Morgan fingerprint density at radius 3 is 1.84 bits per heavy atom. The largest absolute Gasteiger partial charge is 0.333 e. The molecule has 0 atom stereocenters. The van der Waals surface area contributed by atoms with Gasteiger partial charge in [-0.05, 0) is 33.6 Å². The van der Waals surface area contributed by atoms with E-state index in [-0.39, 0.29) is 6.42 Å². The standard InChI is InChI=1S/C18H32N2O5/c1-7-8-9-10-11-12-13-18(25-24-17(2,3)4)14(21)19(5)16(23)20(6)15(18)22/h7-13H2,1-6H3. The minimum atomic E-state index is -1.80. The molecule has 7 nitrogen and oxygen atoms in total. The maximum atomic E-state index is 12.7. The van der Waals surface area contributed by atoms with Crippen LogP contribution in [0.1, 0.15) is 72.6 Å². The van der Waals surface area contributed by atoms with E-state index in [0.29, 0.717) is 6.42 Å². The minimum absolute atomic E-state index is 0.189. The summed E-state index contributed by atoms with van der Waals surface area (Å²) in [5.74, 6) is -1.34. The highest BCUT2D eigenvalue weighted by Gasteiger charge is 2.58. The Kier molecular flexibility index (Phi) is 7.56. The number of unbranched alkanes of at least 4 members (excludes halogenated alkanes) is 5. The summed E-state index contributed by atoms with van der Waals surface area (Å²) in [6.07, 6.45) is 6.22. The molecule has 1 rings (SSSR count). The van der Waals surface area contributed by atoms with Crippen LogP contribution in [-0.4, -0.2) is 52.9 Å². The number of likely N-dealkylation sites (N-methyl/N-ethyl adjacent to an activating group) is 2. The SMILES string of the molecule is CCCCCCCCC1(OOC(C)(C)C)C(=O)N(C)C(=O)N(C)C1=O. The predicted molar refractivity (Wildman–Crippen MR) is 93.6 cm³/mol. The molecule has 1 fully saturated rings. The third kappa shape index (κ3) is 5.25. The average Bonchev–Trinajstić information content (AvgIpc) is 2.55. The summed E-state index contributed by atoms with van der Waals surface area (Å²) in [4.78, 5) is 50.1. The van der Waals surface area contributed by atoms with Crippen LogP contribution in [0.2, 0.25) is 0 Å². The molecule has 0 saturated carbocycles. The second-order valence-corrected chi connectivity index (χ2v) is 7.63. The molecule has 1 aliphatic rings. The molecule has 1 aliphatic heterocycles. The van der Waals surface area contributed by atoms with Crippen LogP contribution in [0.3, 0.4) is 0 Å². The Balaban J connectivity index is 2.92. The molecule has 0 aliphatic carbocycles. The fourth-order valence-electron chi connectivity index (χ4n) is 2.71. The molecule has 144 valence electrons. The third-order valence-corrected chi connectivity index (χ3v) is 4.19. The van der Waals surface area contributed by atoms with Crippen molar-refractivity contribution in [2.45, 2.75) is 83.8 Å². The molecule has 0 bridgehead atoms. The smallest absolute Gasteiger partial charge is 0.270 e. The number of nitrogens with zero attached hydrogens (tertiary/aromatic N) is 2. The summed E-state index contributed by atoms with van der Waals surface area (Å²) < 4.78 is 0. The van der Waals surface area contributed by atoms with Crippen molar-refractivity contribution in [3.8, 4) is 0 Å². The van der Waals surface area contributed by atoms with Crippen LogP contribution >= 0.6 is 0 Å². The second kappa shape index (κ2) is 8.76. The van der Waals surface area contributed by atoms with E-state index in [4.69, 9.17) is 9.78 Å². The van der Waals surface area contributed by atoms with Crippen LogP contribution in [0.5, 0.6) is 0 Å². The first-order chi connectivity index (χ1) is 11.6. The molecule has 1 saturated heterocycles. The Morgan fingerprint density at radius 2 is 1.36 bits per heavy atom. The molecular weight excluding hydrogens is 324 g/mol. The Hall–Kier alpha value is -1.47. The molecule has 25 heavy (non-hydrogen) atoms. The predicted octanol–water partition coefficient (Wildman–Crippen LogP) is 3.27. The summed E-state index contributed by atoms with van der Waals surface area (Å²) in [6, 6.07) is -0.659. The zero-order chi connectivity index (χ0) is 19.3. The van der Waals surface area contributed by atoms with Gasteiger partial charge < -0.3 is 0 Å². The molecule has 0 spiro atoms. The summed E-state index contributed by atoms with van der Waals surface area (Å²) in [6.45, 7) is 7.44. The van der Waals surface area contributed by atoms with Crippen molar-refractivity contribution in [2.24, 2.45) is 0 Å². The number of hydrogen-bond acceptors (Lipinski definition) is 5. The monoisotopic (exact) mass is 356 g/mol. The van der Waals surface area contributed by atoms with Crippen LogP contribution in [0.4, 0.5) is 4.79 Å². The molecular formula is C18H32N2O5. The number of carbonyl (C=O) groups is 3. The number of urea groups is 1. The number of imide groups is 2. The van der Waals surface area contributed by atoms with E-state index < -0.39 is 29.0 Å². The molecule has 0 radical (unpaired) electrons. The van der Waals surface area contributed by atoms with Gasteiger partial charge in [0, 0.05) is 14.1 Å². The van der Waals surface area contributed by atoms with Gasteiger partial charge in [0.2, 0.25) is 0 Å². The number of barbiturate groups is 1. The quantitative estimate of drug-likeness (QED) is 0.274. The molecule has 1 heterocycles. The van der Waals surface area contributed by atoms with Gasteiger partial charge in [-0.25, -0.2) is 14.6 Å². The number of hydrogen-bond donors (Lipinski definition) is 0. The highest BCUT2D eigenvalue weighted by molar-refractivity contribution is 6.21. The van der Waals surface area contributed by atoms with E-state index in [1.165, 1.54) is 20.5 Å². The molecule has 7 heteroatoms. The van der Waals surface area contributed by atoms with E-state index in [9.17, 15) is 14.4 Å². The molecule has 0 unspecified atom stereocenters. The lowest BCUT2D eigenvalue weighted by atomic mass is 9.91. The molecule has 0 aromatic carbocycles. The molecule has 0 aromatic heterocycles. The number of amides is 4. The van der Waals surface area contributed by atoms with Crippen molar-refractivity contribution >= 4 is 17.8 Å². The maximum Gasteiger partial charge on any atom is 0.333 e. The van der Waals surface area contributed by atoms with Gasteiger partial charge in [-0.1, -0.05) is 39.0 Å². The van der Waals surface area contributed by atoms with Gasteiger partial charge >= 0.3 is 6.03 Å². The van der Waals surface area contributed by atoms with Crippen LogP contribution in [-0.2, 0) is 19.4 Å². The first-order valence-corrected chi connectivity index (χ1v) is 9.04. The Morgan fingerprint density at radius 1 is 0.880 bits per heavy atom. The van der Waals surface area contributed by atoms with Gasteiger partial charge in [-0.15, -0.1) is 0 Å². The van der Waals surface area contributed by atoms with Crippen molar-refractivity contribution < 1.29 is 24.2 Å². The van der Waals surface area contributed by atoms with E-state index >= 15 is 0 Å². The van der Waals surface area contributed by atoms with Gasteiger partial charge in [-0.3, -0.25) is 19.4 Å². The van der Waals surface area contributed by atoms with E-state index in [2.05, 4.69) is 6.92 Å². The van der Waals surface area contributed by atoms with Crippen LogP contribution in [0.25, 0.3) is 0 Å². The van der Waals surface area contributed by atoms with Gasteiger partial charge in [0.05, 0.1) is 5.60 Å². The van der Waals surface area contributed by atoms with Gasteiger partial charge in [0.25, 0.3) is 17.4 Å². The van der Waals surface area contributed by atoms with Crippen molar-refractivity contribution in [1.82, 2.24) is 9.80 Å². The van der Waals surface area contributed by atoms with Crippen LogP contribution in [0.15, 0.2) is 0 Å². The van der Waals surface area contributed by atoms with Gasteiger partial charge in [0.1, 0.15) is 0 Å². The number of carbonyl (C=O) groups excluding carboxylic acids is 3. The normalized spacial score (nSPS) is 18.2. The Bertz CT molecular complexity index is 474. The first kappa shape index (κ1) is 21.6. The van der Waals surface area contributed by atoms with Gasteiger partial charge in [0.15, 0.2) is 0 Å². The fraction of sp³-hybridized carbons (Fsp3) is 0.833. The third-order valence-electron chi connectivity index (χ3n) is 4.19. The fourth-order valence-corrected chi connectivity index (χ4v) is 2.71. The molecule has 0 N–H and O–H groups in total. The van der Waals surface area contributed by atoms with Crippen molar-refractivity contribution in [2.75, 3.05) is 14.1 Å². The summed E-state index contributed by atoms with van der Waals surface area (Å²) in [5, 5.41) is 0. The van der Waals surface area contributed by atoms with Crippen LogP contribution < -0.4 is 0 Å². The summed E-state index contributed by atoms with van der Waals surface area (Å²) in [5.41, 5.74) is -2.48. The molecule has 4 amide bonds. The van der Waals surface area contributed by atoms with Gasteiger partial charge in [-0.2, -0.15) is 0 Å². The second-order valence-electron chi connectivity index (χ2n) is 7.63. The zero-order valence-electron chi connectivity index (χ0n) is 16.4. The number of rotatable bonds is 9. The summed E-state index contributed by atoms with van der Waals surface area (Å²) >= 11 is 0. The molecule has 0 aromatic rings. The maximum absolute atomic E-state index is 12.7. The topological polar surface area (TPSA) is 76.2 Å². The van der Waals surface area contributed by atoms with E-state index in [1.54, 1.807) is 20.8 Å². The highest BCUT2D eigenvalue weighted by atomic mass is 17.2. The average molecular weight is 356 g/mol. The van der Waals surface area contributed by atoms with Crippen molar-refractivity contribution in [1.29, 1.82) is 0 Å².